The van der Waals surface area contributed by atoms with Crippen molar-refractivity contribution in [2.24, 2.45) is 11.3 Å². The average Bonchev–Trinajstić information content (AvgIpc) is 2.46. The molecular formula is C11H16F2N2. The van der Waals surface area contributed by atoms with Gasteiger partial charge in [0.05, 0.1) is 24.6 Å². The van der Waals surface area contributed by atoms with Crippen molar-refractivity contribution in [1.82, 2.24) is 4.90 Å². The molecule has 0 bridgehead atoms. The van der Waals surface area contributed by atoms with E-state index in [0.29, 0.717) is 5.92 Å². The third-order valence-corrected chi connectivity index (χ3v) is 3.54. The lowest BCUT2D eigenvalue weighted by Gasteiger charge is -2.40. The van der Waals surface area contributed by atoms with Crippen LogP contribution in [0.5, 0.6) is 0 Å². The SMILES string of the molecule is CC1(C#N)CCC(CN2CC(F)(F)C2)C1. The fourth-order valence-corrected chi connectivity index (χ4v) is 2.72. The number of alkyl halides is 2. The molecule has 2 aliphatic rings. The van der Waals surface area contributed by atoms with Gasteiger partial charge in [0.1, 0.15) is 0 Å². The zero-order chi connectivity index (χ0) is 11.1. The summed E-state index contributed by atoms with van der Waals surface area (Å²) < 4.78 is 25.2. The van der Waals surface area contributed by atoms with Gasteiger partial charge in [-0.3, -0.25) is 4.90 Å². The lowest BCUT2D eigenvalue weighted by atomic mass is 9.89. The van der Waals surface area contributed by atoms with E-state index in [9.17, 15) is 8.78 Å². The van der Waals surface area contributed by atoms with Crippen LogP contribution >= 0.6 is 0 Å². The Morgan fingerprint density at radius 3 is 2.60 bits per heavy atom. The van der Waals surface area contributed by atoms with Crippen LogP contribution in [-0.2, 0) is 0 Å². The minimum Gasteiger partial charge on any atom is -0.291 e. The number of nitriles is 1. The van der Waals surface area contributed by atoms with Gasteiger partial charge in [0.15, 0.2) is 0 Å². The molecule has 84 valence electrons. The number of hydrogen-bond acceptors (Lipinski definition) is 2. The van der Waals surface area contributed by atoms with Gasteiger partial charge in [0, 0.05) is 6.54 Å². The van der Waals surface area contributed by atoms with Gasteiger partial charge in [-0.1, -0.05) is 0 Å². The Hall–Kier alpha value is -0.690. The Labute approximate surface area is 88.9 Å². The molecule has 0 aromatic carbocycles. The van der Waals surface area contributed by atoms with E-state index in [2.05, 4.69) is 6.07 Å². The van der Waals surface area contributed by atoms with Crippen LogP contribution < -0.4 is 0 Å². The molecule has 0 spiro atoms. The van der Waals surface area contributed by atoms with Crippen molar-refractivity contribution < 1.29 is 8.78 Å². The van der Waals surface area contributed by atoms with E-state index < -0.39 is 5.92 Å². The molecule has 0 N–H and O–H groups in total. The molecule has 1 heterocycles. The quantitative estimate of drug-likeness (QED) is 0.705. The average molecular weight is 214 g/mol. The molecule has 4 heteroatoms. The summed E-state index contributed by atoms with van der Waals surface area (Å²) >= 11 is 0. The van der Waals surface area contributed by atoms with Crippen LogP contribution in [0.25, 0.3) is 0 Å². The van der Waals surface area contributed by atoms with Gasteiger partial charge >= 0.3 is 0 Å². The Morgan fingerprint density at radius 1 is 1.47 bits per heavy atom. The van der Waals surface area contributed by atoms with Gasteiger partial charge in [-0.25, -0.2) is 8.78 Å². The number of nitrogens with zero attached hydrogens (tertiary/aromatic N) is 2. The summed E-state index contributed by atoms with van der Waals surface area (Å²) in [6.45, 7) is 2.53. The third-order valence-electron chi connectivity index (χ3n) is 3.54. The highest BCUT2D eigenvalue weighted by Gasteiger charge is 2.45. The number of rotatable bonds is 2. The van der Waals surface area contributed by atoms with Crippen molar-refractivity contribution in [3.8, 4) is 6.07 Å². The van der Waals surface area contributed by atoms with Crippen LogP contribution in [-0.4, -0.2) is 30.5 Å². The second-order valence-electron chi connectivity index (χ2n) is 5.31. The van der Waals surface area contributed by atoms with Crippen LogP contribution in [0.4, 0.5) is 8.78 Å². The Bertz CT molecular complexity index is 289. The number of likely N-dealkylation sites (tertiary alicyclic amines) is 1. The first-order chi connectivity index (χ1) is 6.92. The maximum absolute atomic E-state index is 12.6. The zero-order valence-corrected chi connectivity index (χ0v) is 8.97. The molecular weight excluding hydrogens is 198 g/mol. The molecule has 0 amide bonds. The third kappa shape index (κ3) is 2.28. The van der Waals surface area contributed by atoms with E-state index in [4.69, 9.17) is 5.26 Å². The topological polar surface area (TPSA) is 27.0 Å². The fourth-order valence-electron chi connectivity index (χ4n) is 2.72. The summed E-state index contributed by atoms with van der Waals surface area (Å²) in [7, 11) is 0. The summed E-state index contributed by atoms with van der Waals surface area (Å²) in [6.07, 6.45) is 2.79. The van der Waals surface area contributed by atoms with E-state index in [0.717, 1.165) is 25.8 Å². The van der Waals surface area contributed by atoms with Gasteiger partial charge in [0.2, 0.25) is 0 Å². The van der Waals surface area contributed by atoms with Crippen LogP contribution in [0, 0.1) is 22.7 Å². The van der Waals surface area contributed by atoms with Gasteiger partial charge < -0.3 is 0 Å². The fraction of sp³-hybridized carbons (Fsp3) is 0.909. The van der Waals surface area contributed by atoms with Crippen molar-refractivity contribution in [3.63, 3.8) is 0 Å². The lowest BCUT2D eigenvalue weighted by molar-refractivity contribution is -0.134. The zero-order valence-electron chi connectivity index (χ0n) is 8.97. The van der Waals surface area contributed by atoms with Crippen molar-refractivity contribution in [1.29, 1.82) is 5.26 Å². The summed E-state index contributed by atoms with van der Waals surface area (Å²) in [4.78, 5) is 1.80. The first-order valence-corrected chi connectivity index (χ1v) is 5.44. The molecule has 1 saturated heterocycles. The first kappa shape index (κ1) is 10.8. The molecule has 2 fully saturated rings. The molecule has 0 aromatic heterocycles. The van der Waals surface area contributed by atoms with Crippen molar-refractivity contribution >= 4 is 0 Å². The first-order valence-electron chi connectivity index (χ1n) is 5.44. The Balaban J connectivity index is 1.77. The van der Waals surface area contributed by atoms with Crippen molar-refractivity contribution in [2.75, 3.05) is 19.6 Å². The normalized spacial score (nSPS) is 39.7. The summed E-state index contributed by atoms with van der Waals surface area (Å²) in [6, 6.07) is 2.33. The summed E-state index contributed by atoms with van der Waals surface area (Å²) in [5.74, 6) is -2.03. The van der Waals surface area contributed by atoms with E-state index in [-0.39, 0.29) is 18.5 Å². The Morgan fingerprint density at radius 2 is 2.13 bits per heavy atom. The standard InChI is InChI=1S/C11H16F2N2/c1-10(6-14)3-2-9(4-10)5-15-7-11(12,13)8-15/h9H,2-5,7-8H2,1H3. The molecule has 0 aromatic rings. The minimum absolute atomic E-state index is 0.0905. The molecule has 2 unspecified atom stereocenters. The highest BCUT2D eigenvalue weighted by Crippen LogP contribution is 2.42. The maximum atomic E-state index is 12.6. The van der Waals surface area contributed by atoms with Gasteiger partial charge in [-0.15, -0.1) is 0 Å². The van der Waals surface area contributed by atoms with Crippen molar-refractivity contribution in [3.05, 3.63) is 0 Å². The molecule has 1 aliphatic carbocycles. The second kappa shape index (κ2) is 3.41. The second-order valence-corrected chi connectivity index (χ2v) is 5.31. The molecule has 1 saturated carbocycles. The largest absolute Gasteiger partial charge is 0.291 e. The van der Waals surface area contributed by atoms with Crippen LogP contribution in [0.2, 0.25) is 0 Å². The highest BCUT2D eigenvalue weighted by atomic mass is 19.3. The van der Waals surface area contributed by atoms with Gasteiger partial charge in [0.25, 0.3) is 5.92 Å². The van der Waals surface area contributed by atoms with E-state index in [1.165, 1.54) is 0 Å². The van der Waals surface area contributed by atoms with Crippen LogP contribution in [0.1, 0.15) is 26.2 Å². The lowest BCUT2D eigenvalue weighted by Crippen LogP contribution is -2.57. The monoisotopic (exact) mass is 214 g/mol. The van der Waals surface area contributed by atoms with E-state index in [1.54, 1.807) is 4.90 Å². The predicted octanol–water partition coefficient (Wildman–Crippen LogP) is 2.27. The maximum Gasteiger partial charge on any atom is 0.272 e. The van der Waals surface area contributed by atoms with Gasteiger partial charge in [-0.2, -0.15) is 5.26 Å². The molecule has 1 aliphatic heterocycles. The summed E-state index contributed by atoms with van der Waals surface area (Å²) in [5, 5.41) is 8.95. The molecule has 0 radical (unpaired) electrons. The summed E-state index contributed by atoms with van der Waals surface area (Å²) in [5.41, 5.74) is -0.210. The number of halogens is 2. The van der Waals surface area contributed by atoms with E-state index >= 15 is 0 Å². The molecule has 2 rings (SSSR count). The van der Waals surface area contributed by atoms with Crippen LogP contribution in [0.15, 0.2) is 0 Å². The predicted molar refractivity (Wildman–Crippen MR) is 52.4 cm³/mol. The molecule has 2 nitrogen and oxygen atoms in total. The Kier molecular flexibility index (Phi) is 2.46. The van der Waals surface area contributed by atoms with E-state index in [1.807, 2.05) is 6.92 Å². The van der Waals surface area contributed by atoms with Crippen molar-refractivity contribution in [2.45, 2.75) is 32.1 Å². The van der Waals surface area contributed by atoms with Gasteiger partial charge in [-0.05, 0) is 32.1 Å². The highest BCUT2D eigenvalue weighted by molar-refractivity contribution is 5.02. The smallest absolute Gasteiger partial charge is 0.272 e. The minimum atomic E-state index is -2.46. The van der Waals surface area contributed by atoms with Crippen LogP contribution in [0.3, 0.4) is 0 Å². The molecule has 2 atom stereocenters. The molecule has 15 heavy (non-hydrogen) atoms. The number of hydrogen-bond donors (Lipinski definition) is 0.